The van der Waals surface area contributed by atoms with E-state index in [1.54, 1.807) is 11.3 Å². The Morgan fingerprint density at radius 1 is 1.19 bits per heavy atom. The van der Waals surface area contributed by atoms with Crippen LogP contribution in [0.2, 0.25) is 0 Å². The summed E-state index contributed by atoms with van der Waals surface area (Å²) in [6.07, 6.45) is 0. The van der Waals surface area contributed by atoms with E-state index in [9.17, 15) is 0 Å². The molecule has 3 nitrogen and oxygen atoms in total. The minimum atomic E-state index is 0.977. The van der Waals surface area contributed by atoms with E-state index in [0.717, 1.165) is 27.5 Å². The van der Waals surface area contributed by atoms with Crippen LogP contribution in [0.15, 0.2) is 24.3 Å². The Morgan fingerprint density at radius 3 is 2.81 bits per heavy atom. The van der Waals surface area contributed by atoms with Gasteiger partial charge in [0.25, 0.3) is 0 Å². The van der Waals surface area contributed by atoms with Crippen LogP contribution in [0.3, 0.4) is 0 Å². The molecule has 0 atom stereocenters. The molecular weight excluding hydrogens is 218 g/mol. The molecule has 1 N–H and O–H groups in total. The molecule has 0 saturated heterocycles. The van der Waals surface area contributed by atoms with Gasteiger partial charge in [-0.2, -0.15) is 5.10 Å². The largest absolute Gasteiger partial charge is 0.282 e. The van der Waals surface area contributed by atoms with E-state index in [1.807, 2.05) is 19.9 Å². The van der Waals surface area contributed by atoms with Crippen molar-refractivity contribution >= 4 is 21.6 Å². The van der Waals surface area contributed by atoms with Gasteiger partial charge >= 0.3 is 0 Å². The minimum absolute atomic E-state index is 0.977. The maximum atomic E-state index is 4.49. The Labute approximate surface area is 97.2 Å². The second-order valence-corrected chi connectivity index (χ2v) is 5.09. The summed E-state index contributed by atoms with van der Waals surface area (Å²) in [5, 5.41) is 8.31. The quantitative estimate of drug-likeness (QED) is 0.695. The predicted octanol–water partition coefficient (Wildman–Crippen LogP) is 3.30. The number of aromatic amines is 1. The molecule has 0 radical (unpaired) electrons. The summed E-state index contributed by atoms with van der Waals surface area (Å²) in [4.78, 5) is 4.49. The molecule has 4 heteroatoms. The zero-order valence-corrected chi connectivity index (χ0v) is 9.93. The van der Waals surface area contributed by atoms with E-state index in [2.05, 4.69) is 33.4 Å². The molecule has 0 aliphatic carbocycles. The van der Waals surface area contributed by atoms with Gasteiger partial charge in [-0.15, -0.1) is 11.3 Å². The zero-order chi connectivity index (χ0) is 11.1. The first-order valence-electron chi connectivity index (χ1n) is 5.12. The number of aromatic nitrogens is 3. The Bertz CT molecular complexity index is 651. The summed E-state index contributed by atoms with van der Waals surface area (Å²) in [5.74, 6) is 0. The van der Waals surface area contributed by atoms with Crippen molar-refractivity contribution in [3.8, 4) is 11.3 Å². The van der Waals surface area contributed by atoms with E-state index in [-0.39, 0.29) is 0 Å². The van der Waals surface area contributed by atoms with E-state index in [0.29, 0.717) is 0 Å². The van der Waals surface area contributed by atoms with Crippen LogP contribution in [-0.2, 0) is 0 Å². The van der Waals surface area contributed by atoms with Crippen molar-refractivity contribution in [2.24, 2.45) is 0 Å². The number of nitrogens with zero attached hydrogens (tertiary/aromatic N) is 2. The van der Waals surface area contributed by atoms with Crippen molar-refractivity contribution < 1.29 is 0 Å². The smallest absolute Gasteiger partial charge is 0.0924 e. The van der Waals surface area contributed by atoms with Crippen molar-refractivity contribution in [3.63, 3.8) is 0 Å². The first-order valence-corrected chi connectivity index (χ1v) is 5.93. The number of hydrogen-bond donors (Lipinski definition) is 1. The van der Waals surface area contributed by atoms with Gasteiger partial charge in [0, 0.05) is 11.3 Å². The number of aryl methyl sites for hydroxylation is 2. The molecule has 0 unspecified atom stereocenters. The van der Waals surface area contributed by atoms with Crippen molar-refractivity contribution in [2.75, 3.05) is 0 Å². The first kappa shape index (κ1) is 9.54. The summed E-state index contributed by atoms with van der Waals surface area (Å²) in [6.45, 7) is 4.03. The summed E-state index contributed by atoms with van der Waals surface area (Å²) >= 11 is 1.72. The van der Waals surface area contributed by atoms with Crippen LogP contribution in [0.25, 0.3) is 21.5 Å². The van der Waals surface area contributed by atoms with Gasteiger partial charge in [-0.3, -0.25) is 5.10 Å². The maximum absolute atomic E-state index is 4.49. The fourth-order valence-corrected chi connectivity index (χ4v) is 2.58. The van der Waals surface area contributed by atoms with Crippen LogP contribution in [0.1, 0.15) is 10.7 Å². The molecule has 0 bridgehead atoms. The highest BCUT2D eigenvalue weighted by Gasteiger charge is 2.05. The molecule has 0 spiro atoms. The number of H-pyrrole nitrogens is 1. The number of hydrogen-bond acceptors (Lipinski definition) is 3. The predicted molar refractivity (Wildman–Crippen MR) is 66.7 cm³/mol. The van der Waals surface area contributed by atoms with Crippen molar-refractivity contribution in [2.45, 2.75) is 13.8 Å². The van der Waals surface area contributed by atoms with E-state index < -0.39 is 0 Å². The number of fused-ring (bicyclic) bond motifs is 1. The van der Waals surface area contributed by atoms with Crippen LogP contribution in [0.5, 0.6) is 0 Å². The molecule has 0 saturated carbocycles. The average Bonchev–Trinajstić information content (AvgIpc) is 2.81. The van der Waals surface area contributed by atoms with Gasteiger partial charge in [-0.1, -0.05) is 6.07 Å². The van der Waals surface area contributed by atoms with Gasteiger partial charge in [0.15, 0.2) is 0 Å². The van der Waals surface area contributed by atoms with Crippen LogP contribution >= 0.6 is 11.3 Å². The molecule has 0 amide bonds. The first-order chi connectivity index (χ1) is 7.72. The molecule has 3 rings (SSSR count). The second kappa shape index (κ2) is 3.42. The molecule has 80 valence electrons. The molecule has 3 aromatic rings. The van der Waals surface area contributed by atoms with Crippen LogP contribution in [-0.4, -0.2) is 15.2 Å². The Balaban J connectivity index is 2.17. The van der Waals surface area contributed by atoms with Gasteiger partial charge in [0.05, 0.1) is 20.9 Å². The van der Waals surface area contributed by atoms with E-state index >= 15 is 0 Å². The molecule has 2 aromatic heterocycles. The third-order valence-corrected chi connectivity index (χ3v) is 3.45. The summed E-state index contributed by atoms with van der Waals surface area (Å²) in [5.41, 5.74) is 4.22. The number of nitrogens with one attached hydrogen (secondary N) is 1. The third kappa shape index (κ3) is 1.51. The molecule has 2 heterocycles. The number of thiazole rings is 1. The SMILES string of the molecule is Cc1cc(-c2ccc3sc(C)nc3c2)n[nH]1. The van der Waals surface area contributed by atoms with Gasteiger partial charge in [-0.05, 0) is 32.0 Å². The van der Waals surface area contributed by atoms with Crippen LogP contribution < -0.4 is 0 Å². The molecule has 1 aromatic carbocycles. The standard InChI is InChI=1S/C12H11N3S/c1-7-5-10(15-14-7)9-3-4-12-11(6-9)13-8(2)16-12/h3-6H,1-2H3,(H,14,15). The number of rotatable bonds is 1. The monoisotopic (exact) mass is 229 g/mol. The lowest BCUT2D eigenvalue weighted by Gasteiger charge is -1.95. The minimum Gasteiger partial charge on any atom is -0.282 e. The maximum Gasteiger partial charge on any atom is 0.0924 e. The molecule has 0 fully saturated rings. The van der Waals surface area contributed by atoms with Gasteiger partial charge in [0.1, 0.15) is 0 Å². The summed E-state index contributed by atoms with van der Waals surface area (Å²) in [7, 11) is 0. The van der Waals surface area contributed by atoms with Gasteiger partial charge in [-0.25, -0.2) is 4.98 Å². The Morgan fingerprint density at radius 2 is 2.06 bits per heavy atom. The second-order valence-electron chi connectivity index (χ2n) is 3.85. The molecule has 0 aliphatic rings. The van der Waals surface area contributed by atoms with Gasteiger partial charge in [0.2, 0.25) is 0 Å². The van der Waals surface area contributed by atoms with Crippen molar-refractivity contribution in [1.29, 1.82) is 0 Å². The highest BCUT2D eigenvalue weighted by Crippen LogP contribution is 2.26. The average molecular weight is 229 g/mol. The van der Waals surface area contributed by atoms with E-state index in [1.165, 1.54) is 4.70 Å². The lowest BCUT2D eigenvalue weighted by Crippen LogP contribution is -1.78. The van der Waals surface area contributed by atoms with Crippen LogP contribution in [0.4, 0.5) is 0 Å². The molecular formula is C12H11N3S. The number of benzene rings is 1. The topological polar surface area (TPSA) is 41.6 Å². The van der Waals surface area contributed by atoms with Gasteiger partial charge < -0.3 is 0 Å². The lowest BCUT2D eigenvalue weighted by molar-refractivity contribution is 1.05. The fourth-order valence-electron chi connectivity index (χ4n) is 1.77. The van der Waals surface area contributed by atoms with Crippen LogP contribution in [0, 0.1) is 13.8 Å². The lowest BCUT2D eigenvalue weighted by atomic mass is 10.1. The Kier molecular flexibility index (Phi) is 2.04. The zero-order valence-electron chi connectivity index (χ0n) is 9.11. The highest BCUT2D eigenvalue weighted by atomic mass is 32.1. The van der Waals surface area contributed by atoms with Crippen molar-refractivity contribution in [3.05, 3.63) is 35.0 Å². The summed E-state index contributed by atoms with van der Waals surface area (Å²) in [6, 6.07) is 8.34. The highest BCUT2D eigenvalue weighted by molar-refractivity contribution is 7.18. The molecule has 0 aliphatic heterocycles. The third-order valence-electron chi connectivity index (χ3n) is 2.50. The van der Waals surface area contributed by atoms with Crippen molar-refractivity contribution in [1.82, 2.24) is 15.2 Å². The Hall–Kier alpha value is -1.68. The molecule has 16 heavy (non-hydrogen) atoms. The fraction of sp³-hybridized carbons (Fsp3) is 0.167. The summed E-state index contributed by atoms with van der Waals surface area (Å²) < 4.78 is 1.23. The van der Waals surface area contributed by atoms with E-state index in [4.69, 9.17) is 0 Å². The normalized spacial score (nSPS) is 11.1.